The van der Waals surface area contributed by atoms with Gasteiger partial charge in [-0.05, 0) is 42.5 Å². The Labute approximate surface area is 196 Å². The van der Waals surface area contributed by atoms with Crippen molar-refractivity contribution in [3.05, 3.63) is 68.7 Å². The van der Waals surface area contributed by atoms with Crippen LogP contribution in [0.2, 0.25) is 0 Å². The Balaban J connectivity index is 1.56. The molecular weight excluding hydrogens is 442 g/mol. The molecule has 1 aromatic carbocycles. The Morgan fingerprint density at radius 2 is 2.03 bits per heavy atom. The summed E-state index contributed by atoms with van der Waals surface area (Å²) in [6, 6.07) is 9.66. The van der Waals surface area contributed by atoms with Gasteiger partial charge < -0.3 is 24.3 Å². The minimum Gasteiger partial charge on any atom is -0.460 e. The number of allylic oxidation sites excluding steroid dienone is 3. The molecule has 3 heterocycles. The zero-order chi connectivity index (χ0) is 22.9. The first-order chi connectivity index (χ1) is 16.1. The number of ether oxygens (including phenoxy) is 4. The number of nitrogens with one attached hydrogen (secondary N) is 1. The number of methoxy groups -OCH3 is 1. The van der Waals surface area contributed by atoms with Gasteiger partial charge in [-0.15, -0.1) is 11.3 Å². The molecule has 1 aliphatic carbocycles. The smallest absolute Gasteiger partial charge is 0.336 e. The maximum Gasteiger partial charge on any atom is 0.336 e. The van der Waals surface area contributed by atoms with Gasteiger partial charge in [0.1, 0.15) is 6.61 Å². The fourth-order valence-electron chi connectivity index (χ4n) is 4.76. The van der Waals surface area contributed by atoms with E-state index < -0.39 is 11.9 Å². The van der Waals surface area contributed by atoms with E-state index in [1.54, 1.807) is 18.4 Å². The highest BCUT2D eigenvalue weighted by Gasteiger charge is 2.42. The molecule has 7 nitrogen and oxygen atoms in total. The third-order valence-electron chi connectivity index (χ3n) is 6.24. The van der Waals surface area contributed by atoms with E-state index in [0.717, 1.165) is 11.3 Å². The lowest BCUT2D eigenvalue weighted by molar-refractivity contribution is -0.140. The van der Waals surface area contributed by atoms with Crippen molar-refractivity contribution in [1.29, 1.82) is 0 Å². The highest BCUT2D eigenvalue weighted by atomic mass is 32.1. The summed E-state index contributed by atoms with van der Waals surface area (Å²) in [6.45, 7) is 2.45. The summed E-state index contributed by atoms with van der Waals surface area (Å²) in [5.74, 6) is 0.433. The maximum absolute atomic E-state index is 13.5. The molecule has 3 aliphatic rings. The van der Waals surface area contributed by atoms with Gasteiger partial charge in [0.05, 0.1) is 12.2 Å². The predicted octanol–water partition coefficient (Wildman–Crippen LogP) is 4.03. The summed E-state index contributed by atoms with van der Waals surface area (Å²) in [5.41, 5.74) is 3.43. The summed E-state index contributed by atoms with van der Waals surface area (Å²) in [5, 5.41) is 5.40. The second-order valence-electron chi connectivity index (χ2n) is 8.27. The van der Waals surface area contributed by atoms with Gasteiger partial charge in [0.2, 0.25) is 6.79 Å². The third kappa shape index (κ3) is 4.05. The van der Waals surface area contributed by atoms with Gasteiger partial charge in [-0.1, -0.05) is 12.1 Å². The van der Waals surface area contributed by atoms with Crippen LogP contribution in [0.5, 0.6) is 11.5 Å². The standard InChI is InChI=1S/C25H25NO6S/c1-14-22(25(28)30-8-7-29-2)23(15-5-6-19-20(12-15)32-13-31-19)24-17(26-14)10-16(11-18(24)27)21-4-3-9-33-21/h3-6,9,12,16,23,26H,7-8,10-11,13H2,1-2H3. The van der Waals surface area contributed by atoms with Crippen LogP contribution in [0, 0.1) is 0 Å². The van der Waals surface area contributed by atoms with Gasteiger partial charge in [0.15, 0.2) is 17.3 Å². The Morgan fingerprint density at radius 1 is 1.18 bits per heavy atom. The van der Waals surface area contributed by atoms with Crippen LogP contribution in [-0.4, -0.2) is 38.9 Å². The van der Waals surface area contributed by atoms with Crippen molar-refractivity contribution in [2.45, 2.75) is 31.6 Å². The van der Waals surface area contributed by atoms with Crippen LogP contribution in [-0.2, 0) is 19.1 Å². The SMILES string of the molecule is COCCOC(=O)C1=C(C)NC2=C(C(=O)CC(c3cccs3)C2)C1c1ccc2c(c1)OCO2. The minimum atomic E-state index is -0.539. The number of hydrogen-bond donors (Lipinski definition) is 1. The fraction of sp³-hybridized carbons (Fsp3) is 0.360. The van der Waals surface area contributed by atoms with Gasteiger partial charge >= 0.3 is 5.97 Å². The fourth-order valence-corrected chi connectivity index (χ4v) is 5.59. The van der Waals surface area contributed by atoms with E-state index in [2.05, 4.69) is 11.4 Å². The Morgan fingerprint density at radius 3 is 2.82 bits per heavy atom. The number of Topliss-reactive ketones (excluding diaryl/α,β-unsaturated/α-hetero) is 1. The lowest BCUT2D eigenvalue weighted by atomic mass is 9.72. The zero-order valence-electron chi connectivity index (χ0n) is 18.5. The van der Waals surface area contributed by atoms with E-state index in [4.69, 9.17) is 18.9 Å². The predicted molar refractivity (Wildman–Crippen MR) is 122 cm³/mol. The molecule has 2 unspecified atom stereocenters. The summed E-state index contributed by atoms with van der Waals surface area (Å²) >= 11 is 1.67. The van der Waals surface area contributed by atoms with Crippen LogP contribution < -0.4 is 14.8 Å². The molecule has 0 saturated heterocycles. The number of carbonyl (C=O) groups excluding carboxylic acids is 2. The number of dihydropyridines is 1. The van der Waals surface area contributed by atoms with Crippen LogP contribution in [0.15, 0.2) is 58.3 Å². The molecule has 5 rings (SSSR count). The minimum absolute atomic E-state index is 0.0412. The van der Waals surface area contributed by atoms with Gasteiger partial charge in [0.25, 0.3) is 0 Å². The van der Waals surface area contributed by atoms with Crippen molar-refractivity contribution >= 4 is 23.1 Å². The Hall–Kier alpha value is -3.10. The maximum atomic E-state index is 13.5. The monoisotopic (exact) mass is 467 g/mol. The van der Waals surface area contributed by atoms with Gasteiger partial charge in [0, 0.05) is 47.2 Å². The van der Waals surface area contributed by atoms with Crippen molar-refractivity contribution in [3.63, 3.8) is 0 Å². The molecular formula is C25H25NO6S. The Bertz CT molecular complexity index is 1150. The molecule has 33 heavy (non-hydrogen) atoms. The molecule has 0 bridgehead atoms. The Kier molecular flexibility index (Phi) is 5.95. The van der Waals surface area contributed by atoms with E-state index in [1.165, 1.54) is 4.88 Å². The second-order valence-corrected chi connectivity index (χ2v) is 9.25. The van der Waals surface area contributed by atoms with Crippen molar-refractivity contribution in [1.82, 2.24) is 5.32 Å². The largest absolute Gasteiger partial charge is 0.460 e. The molecule has 1 N–H and O–H groups in total. The number of benzene rings is 1. The van der Waals surface area contributed by atoms with Gasteiger partial charge in [-0.25, -0.2) is 4.79 Å². The van der Waals surface area contributed by atoms with E-state index >= 15 is 0 Å². The first-order valence-electron chi connectivity index (χ1n) is 10.9. The van der Waals surface area contributed by atoms with E-state index in [1.807, 2.05) is 36.6 Å². The highest BCUT2D eigenvalue weighted by molar-refractivity contribution is 7.10. The summed E-state index contributed by atoms with van der Waals surface area (Å²) in [4.78, 5) is 27.9. The van der Waals surface area contributed by atoms with Crippen LogP contribution in [0.3, 0.4) is 0 Å². The number of fused-ring (bicyclic) bond motifs is 1. The molecule has 2 aliphatic heterocycles. The van der Waals surface area contributed by atoms with E-state index in [-0.39, 0.29) is 25.1 Å². The third-order valence-corrected chi connectivity index (χ3v) is 7.28. The van der Waals surface area contributed by atoms with Crippen LogP contribution in [0.1, 0.15) is 42.0 Å². The number of ketones is 1. The molecule has 172 valence electrons. The molecule has 2 aromatic rings. The number of carbonyl (C=O) groups is 2. The van der Waals surface area contributed by atoms with Crippen LogP contribution in [0.25, 0.3) is 0 Å². The normalized spacial score (nSPS) is 21.7. The zero-order valence-corrected chi connectivity index (χ0v) is 19.3. The van der Waals surface area contributed by atoms with E-state index in [0.29, 0.717) is 47.8 Å². The second kappa shape index (κ2) is 9.03. The number of hydrogen-bond acceptors (Lipinski definition) is 8. The molecule has 0 spiro atoms. The average molecular weight is 468 g/mol. The van der Waals surface area contributed by atoms with Crippen molar-refractivity contribution < 1.29 is 28.5 Å². The van der Waals surface area contributed by atoms with Crippen molar-refractivity contribution in [2.75, 3.05) is 27.1 Å². The molecule has 8 heteroatoms. The van der Waals surface area contributed by atoms with Crippen LogP contribution in [0.4, 0.5) is 0 Å². The first kappa shape index (κ1) is 21.7. The molecule has 0 amide bonds. The van der Waals surface area contributed by atoms with Crippen LogP contribution >= 0.6 is 11.3 Å². The number of esters is 1. The molecule has 2 atom stereocenters. The summed E-state index contributed by atoms with van der Waals surface area (Å²) < 4.78 is 21.5. The van der Waals surface area contributed by atoms with Gasteiger partial charge in [-0.3, -0.25) is 4.79 Å². The lowest BCUT2D eigenvalue weighted by Crippen LogP contribution is -2.36. The quantitative estimate of drug-likeness (QED) is 0.507. The summed E-state index contributed by atoms with van der Waals surface area (Å²) in [6.07, 6.45) is 1.12. The highest BCUT2D eigenvalue weighted by Crippen LogP contribution is 2.47. The van der Waals surface area contributed by atoms with Crippen molar-refractivity contribution in [2.24, 2.45) is 0 Å². The van der Waals surface area contributed by atoms with Crippen molar-refractivity contribution in [3.8, 4) is 11.5 Å². The lowest BCUT2D eigenvalue weighted by Gasteiger charge is -2.36. The van der Waals surface area contributed by atoms with Gasteiger partial charge in [-0.2, -0.15) is 0 Å². The topological polar surface area (TPSA) is 83.1 Å². The molecule has 0 radical (unpaired) electrons. The number of thiophene rings is 1. The summed E-state index contributed by atoms with van der Waals surface area (Å²) in [7, 11) is 1.55. The first-order valence-corrected chi connectivity index (χ1v) is 11.8. The molecule has 0 fully saturated rings. The molecule has 1 aromatic heterocycles. The van der Waals surface area contributed by atoms with E-state index in [9.17, 15) is 9.59 Å². The molecule has 0 saturated carbocycles. The number of rotatable bonds is 6. The average Bonchev–Trinajstić information content (AvgIpc) is 3.49.